The highest BCUT2D eigenvalue weighted by atomic mass is 32.2. The summed E-state index contributed by atoms with van der Waals surface area (Å²) in [7, 11) is -2.59. The maximum atomic E-state index is 13.1. The number of likely N-dealkylation sites (N-methyl/N-ethyl adjacent to an activating group) is 1. The van der Waals surface area contributed by atoms with Crippen molar-refractivity contribution in [2.45, 2.75) is 42.3 Å². The standard InChI is InChI=1S/C22H25F3N4O5S/c1-13-21(30)28(2)17-5-7-19(27-20(17)29(13)14-8-10-34-11-9-14)26-16-12-15(4-6-18(16)33-3)35(31,32)22(23,24)25/h4-7,12-14H,8-11H2,1-3H3,(H,26,27)/t13-/m1/s1. The van der Waals surface area contributed by atoms with Gasteiger partial charge >= 0.3 is 5.51 Å². The summed E-state index contributed by atoms with van der Waals surface area (Å²) in [6.45, 7) is 2.92. The molecule has 1 atom stereocenters. The highest BCUT2D eigenvalue weighted by molar-refractivity contribution is 7.92. The number of nitrogens with zero attached hydrogens (tertiary/aromatic N) is 3. The molecular weight excluding hydrogens is 489 g/mol. The van der Waals surface area contributed by atoms with Crippen LogP contribution in [0.1, 0.15) is 19.8 Å². The molecule has 2 aromatic rings. The zero-order valence-electron chi connectivity index (χ0n) is 19.3. The predicted octanol–water partition coefficient (Wildman–Crippen LogP) is 3.48. The lowest BCUT2D eigenvalue weighted by molar-refractivity contribution is -0.119. The van der Waals surface area contributed by atoms with Gasteiger partial charge in [0.1, 0.15) is 17.6 Å². The van der Waals surface area contributed by atoms with Crippen LogP contribution in [0, 0.1) is 0 Å². The van der Waals surface area contributed by atoms with E-state index in [4.69, 9.17) is 9.47 Å². The number of carbonyl (C=O) groups is 1. The molecule has 35 heavy (non-hydrogen) atoms. The third-order valence-corrected chi connectivity index (χ3v) is 7.68. The Morgan fingerprint density at radius 1 is 1.17 bits per heavy atom. The number of carbonyl (C=O) groups excluding carboxylic acids is 1. The lowest BCUT2D eigenvalue weighted by Crippen LogP contribution is -2.56. The molecule has 1 aromatic heterocycles. The van der Waals surface area contributed by atoms with Gasteiger partial charge in [0, 0.05) is 26.3 Å². The van der Waals surface area contributed by atoms with Crippen molar-refractivity contribution in [3.05, 3.63) is 30.3 Å². The predicted molar refractivity (Wildman–Crippen MR) is 123 cm³/mol. The smallest absolute Gasteiger partial charge is 0.495 e. The second kappa shape index (κ2) is 9.19. The zero-order valence-corrected chi connectivity index (χ0v) is 20.1. The summed E-state index contributed by atoms with van der Waals surface area (Å²) in [6.07, 6.45) is 1.43. The van der Waals surface area contributed by atoms with E-state index in [9.17, 15) is 26.4 Å². The largest absolute Gasteiger partial charge is 0.501 e. The Morgan fingerprint density at radius 2 is 1.86 bits per heavy atom. The van der Waals surface area contributed by atoms with Crippen molar-refractivity contribution in [1.29, 1.82) is 0 Å². The van der Waals surface area contributed by atoms with Gasteiger partial charge in [-0.05, 0) is 50.1 Å². The molecule has 2 aliphatic rings. The summed E-state index contributed by atoms with van der Waals surface area (Å²) >= 11 is 0. The minimum Gasteiger partial charge on any atom is -0.495 e. The monoisotopic (exact) mass is 514 g/mol. The summed E-state index contributed by atoms with van der Waals surface area (Å²) in [4.78, 5) is 20.1. The lowest BCUT2D eigenvalue weighted by Gasteiger charge is -2.44. The minimum atomic E-state index is -5.55. The maximum absolute atomic E-state index is 13.1. The molecule has 0 saturated carbocycles. The molecule has 190 valence electrons. The summed E-state index contributed by atoms with van der Waals surface area (Å²) < 4.78 is 73.7. The van der Waals surface area contributed by atoms with Crippen molar-refractivity contribution < 1.29 is 35.9 Å². The molecule has 1 amide bonds. The molecule has 2 aliphatic heterocycles. The van der Waals surface area contributed by atoms with E-state index in [1.54, 1.807) is 26.1 Å². The number of hydrogen-bond acceptors (Lipinski definition) is 8. The van der Waals surface area contributed by atoms with Crippen LogP contribution >= 0.6 is 0 Å². The van der Waals surface area contributed by atoms with Crippen LogP contribution in [0.3, 0.4) is 0 Å². The van der Waals surface area contributed by atoms with Crippen LogP contribution in [0.15, 0.2) is 35.2 Å². The van der Waals surface area contributed by atoms with Crippen LogP contribution in [-0.4, -0.2) is 64.3 Å². The molecule has 3 heterocycles. The van der Waals surface area contributed by atoms with Crippen LogP contribution in [0.25, 0.3) is 0 Å². The van der Waals surface area contributed by atoms with E-state index in [0.717, 1.165) is 18.2 Å². The van der Waals surface area contributed by atoms with Gasteiger partial charge in [-0.2, -0.15) is 13.2 Å². The van der Waals surface area contributed by atoms with Crippen LogP contribution in [0.5, 0.6) is 5.75 Å². The highest BCUT2D eigenvalue weighted by Crippen LogP contribution is 2.40. The molecule has 4 rings (SSSR count). The van der Waals surface area contributed by atoms with Crippen molar-refractivity contribution in [1.82, 2.24) is 4.98 Å². The lowest BCUT2D eigenvalue weighted by atomic mass is 10.0. The fourth-order valence-electron chi connectivity index (χ4n) is 4.34. The molecule has 0 aliphatic carbocycles. The Bertz CT molecular complexity index is 1230. The number of rotatable bonds is 5. The van der Waals surface area contributed by atoms with E-state index < -0.39 is 26.3 Å². The molecule has 1 fully saturated rings. The summed E-state index contributed by atoms with van der Waals surface area (Å²) in [5.74, 6) is 0.830. The van der Waals surface area contributed by atoms with Crippen LogP contribution in [0.4, 0.5) is 36.2 Å². The zero-order chi connectivity index (χ0) is 25.5. The number of sulfone groups is 1. The van der Waals surface area contributed by atoms with E-state index in [2.05, 4.69) is 10.3 Å². The van der Waals surface area contributed by atoms with E-state index in [1.807, 2.05) is 4.90 Å². The molecule has 0 radical (unpaired) electrons. The molecule has 1 aromatic carbocycles. The van der Waals surface area contributed by atoms with Crippen LogP contribution < -0.4 is 19.9 Å². The average molecular weight is 515 g/mol. The van der Waals surface area contributed by atoms with Gasteiger partial charge in [0.15, 0.2) is 5.82 Å². The van der Waals surface area contributed by atoms with E-state index in [1.165, 1.54) is 12.0 Å². The Hall–Kier alpha value is -3.06. The average Bonchev–Trinajstić information content (AvgIpc) is 2.82. The second-order valence-corrected chi connectivity index (χ2v) is 10.2. The number of halogens is 3. The summed E-state index contributed by atoms with van der Waals surface area (Å²) in [6, 6.07) is 5.62. The van der Waals surface area contributed by atoms with Crippen LogP contribution in [-0.2, 0) is 19.4 Å². The number of aromatic nitrogens is 1. The highest BCUT2D eigenvalue weighted by Gasteiger charge is 2.47. The number of hydrogen-bond donors (Lipinski definition) is 1. The third kappa shape index (κ3) is 4.49. The quantitative estimate of drug-likeness (QED) is 0.648. The van der Waals surface area contributed by atoms with Gasteiger partial charge in [0.25, 0.3) is 9.84 Å². The normalized spacial score (nSPS) is 19.5. The molecule has 1 saturated heterocycles. The number of ether oxygens (including phenoxy) is 2. The van der Waals surface area contributed by atoms with Crippen molar-refractivity contribution in [2.75, 3.05) is 42.5 Å². The Kier molecular flexibility index (Phi) is 6.58. The Balaban J connectivity index is 1.75. The summed E-state index contributed by atoms with van der Waals surface area (Å²) in [5, 5.41) is 2.88. The molecule has 0 unspecified atom stereocenters. The number of anilines is 4. The maximum Gasteiger partial charge on any atom is 0.501 e. The number of fused-ring (bicyclic) bond motifs is 1. The first-order valence-corrected chi connectivity index (χ1v) is 12.3. The fourth-order valence-corrected chi connectivity index (χ4v) is 5.13. The number of methoxy groups -OCH3 is 1. The van der Waals surface area contributed by atoms with E-state index in [0.29, 0.717) is 37.6 Å². The summed E-state index contributed by atoms with van der Waals surface area (Å²) in [5.41, 5.74) is -4.86. The van der Waals surface area contributed by atoms with Crippen molar-refractivity contribution in [3.8, 4) is 5.75 Å². The van der Waals surface area contributed by atoms with E-state index in [-0.39, 0.29) is 29.2 Å². The number of alkyl halides is 3. The fraction of sp³-hybridized carbons (Fsp3) is 0.455. The number of nitrogens with one attached hydrogen (secondary N) is 1. The van der Waals surface area contributed by atoms with Crippen molar-refractivity contribution in [2.24, 2.45) is 0 Å². The van der Waals surface area contributed by atoms with Gasteiger partial charge in [0.2, 0.25) is 5.91 Å². The number of amides is 1. The molecule has 1 N–H and O–H groups in total. The Labute approximate surface area is 200 Å². The SMILES string of the molecule is COc1ccc(S(=O)(=O)C(F)(F)F)cc1Nc1ccc2c(n1)N(C1CCOCC1)[C@H](C)C(=O)N2C. The van der Waals surface area contributed by atoms with Gasteiger partial charge in [-0.25, -0.2) is 13.4 Å². The first-order valence-electron chi connectivity index (χ1n) is 10.9. The molecule has 9 nitrogen and oxygen atoms in total. The van der Waals surface area contributed by atoms with Gasteiger partial charge in [-0.3, -0.25) is 4.79 Å². The number of pyridine rings is 1. The van der Waals surface area contributed by atoms with Crippen molar-refractivity contribution in [3.63, 3.8) is 0 Å². The van der Waals surface area contributed by atoms with Gasteiger partial charge in [0.05, 0.1) is 23.4 Å². The third-order valence-electron chi connectivity index (χ3n) is 6.20. The van der Waals surface area contributed by atoms with Crippen LogP contribution in [0.2, 0.25) is 0 Å². The van der Waals surface area contributed by atoms with Gasteiger partial charge < -0.3 is 24.6 Å². The van der Waals surface area contributed by atoms with E-state index >= 15 is 0 Å². The first kappa shape index (κ1) is 25.0. The minimum absolute atomic E-state index is 0.00354. The molecule has 0 bridgehead atoms. The first-order chi connectivity index (χ1) is 16.5. The Morgan fingerprint density at radius 3 is 2.49 bits per heavy atom. The molecule has 0 spiro atoms. The topological polar surface area (TPSA) is 101 Å². The van der Waals surface area contributed by atoms with Gasteiger partial charge in [-0.1, -0.05) is 0 Å². The number of benzene rings is 1. The molecular formula is C22H25F3N4O5S. The van der Waals surface area contributed by atoms with Crippen molar-refractivity contribution >= 4 is 38.8 Å². The second-order valence-electron chi connectivity index (χ2n) is 8.30. The van der Waals surface area contributed by atoms with Gasteiger partial charge in [-0.15, -0.1) is 0 Å². The molecule has 13 heteroatoms.